The fraction of sp³-hybridized carbons (Fsp3) is 0.407. The van der Waals surface area contributed by atoms with Gasteiger partial charge >= 0.3 is 0 Å². The number of rotatable bonds is 8. The second-order valence-electron chi connectivity index (χ2n) is 9.17. The second kappa shape index (κ2) is 11.4. The van der Waals surface area contributed by atoms with Crippen molar-refractivity contribution in [1.82, 2.24) is 20.0 Å². The van der Waals surface area contributed by atoms with E-state index in [1.807, 2.05) is 36.4 Å². The lowest BCUT2D eigenvalue weighted by Crippen LogP contribution is -2.52. The molecule has 4 heterocycles. The van der Waals surface area contributed by atoms with Crippen LogP contribution in [0.1, 0.15) is 23.4 Å². The first-order chi connectivity index (χ1) is 18.1. The van der Waals surface area contributed by atoms with Crippen molar-refractivity contribution in [2.45, 2.75) is 18.9 Å². The molecule has 10 nitrogen and oxygen atoms in total. The molecule has 3 aromatic rings. The Morgan fingerprint density at radius 3 is 2.49 bits per heavy atom. The van der Waals surface area contributed by atoms with Gasteiger partial charge in [-0.3, -0.25) is 9.59 Å². The molecule has 2 amide bonds. The molecule has 1 atom stereocenters. The Bertz CT molecular complexity index is 1170. The summed E-state index contributed by atoms with van der Waals surface area (Å²) in [5.41, 5.74) is 1.75. The fourth-order valence-electron chi connectivity index (χ4n) is 4.67. The van der Waals surface area contributed by atoms with Crippen LogP contribution in [-0.4, -0.2) is 90.9 Å². The Hall–Kier alpha value is -3.92. The first-order valence-electron chi connectivity index (χ1n) is 12.6. The summed E-state index contributed by atoms with van der Waals surface area (Å²) in [6, 6.07) is 14.9. The summed E-state index contributed by atoms with van der Waals surface area (Å²) in [5, 5.41) is 8.80. The number of nitrogens with zero attached hydrogens (tertiary/aromatic N) is 5. The quantitative estimate of drug-likeness (QED) is 0.461. The van der Waals surface area contributed by atoms with Gasteiger partial charge in [0.1, 0.15) is 12.3 Å². The minimum Gasteiger partial charge on any atom is -0.497 e. The average Bonchev–Trinajstić information content (AvgIpc) is 3.68. The molecule has 0 spiro atoms. The number of furan rings is 1. The van der Waals surface area contributed by atoms with Gasteiger partial charge in [0.2, 0.25) is 5.91 Å². The van der Waals surface area contributed by atoms with Crippen LogP contribution in [0.2, 0.25) is 0 Å². The predicted octanol–water partition coefficient (Wildman–Crippen LogP) is 2.72. The minimum absolute atomic E-state index is 0.00421. The van der Waals surface area contributed by atoms with E-state index in [0.717, 1.165) is 35.7 Å². The number of carbonyl (C=O) groups is 2. The van der Waals surface area contributed by atoms with Gasteiger partial charge in [0.05, 0.1) is 25.2 Å². The van der Waals surface area contributed by atoms with Crippen LogP contribution in [-0.2, 0) is 9.53 Å². The van der Waals surface area contributed by atoms with Gasteiger partial charge in [-0.05, 0) is 61.4 Å². The summed E-state index contributed by atoms with van der Waals surface area (Å²) in [6.45, 7) is 3.43. The highest BCUT2D eigenvalue weighted by Gasteiger charge is 2.29. The number of benzene rings is 1. The van der Waals surface area contributed by atoms with Crippen molar-refractivity contribution in [3.05, 3.63) is 60.6 Å². The van der Waals surface area contributed by atoms with Crippen molar-refractivity contribution in [1.29, 1.82) is 0 Å². The highest BCUT2D eigenvalue weighted by molar-refractivity contribution is 5.94. The molecule has 0 radical (unpaired) electrons. The van der Waals surface area contributed by atoms with Crippen LogP contribution in [0.3, 0.4) is 0 Å². The van der Waals surface area contributed by atoms with Crippen LogP contribution in [0.5, 0.6) is 5.75 Å². The molecule has 2 saturated heterocycles. The number of hydrogen-bond acceptors (Lipinski definition) is 8. The van der Waals surface area contributed by atoms with E-state index in [1.165, 1.54) is 6.26 Å². The first kappa shape index (κ1) is 24.8. The van der Waals surface area contributed by atoms with Gasteiger partial charge < -0.3 is 28.6 Å². The third-order valence-corrected chi connectivity index (χ3v) is 6.79. The molecule has 1 unspecified atom stereocenters. The second-order valence-corrected chi connectivity index (χ2v) is 9.17. The van der Waals surface area contributed by atoms with Gasteiger partial charge in [-0.1, -0.05) is 0 Å². The van der Waals surface area contributed by atoms with Crippen molar-refractivity contribution in [3.8, 4) is 17.0 Å². The third-order valence-electron chi connectivity index (χ3n) is 6.79. The Morgan fingerprint density at radius 2 is 1.86 bits per heavy atom. The van der Waals surface area contributed by atoms with Crippen LogP contribution >= 0.6 is 0 Å². The molecule has 37 heavy (non-hydrogen) atoms. The Morgan fingerprint density at radius 1 is 1.05 bits per heavy atom. The number of anilines is 1. The minimum atomic E-state index is -0.292. The number of methoxy groups -OCH3 is 1. The predicted molar refractivity (Wildman–Crippen MR) is 136 cm³/mol. The standard InChI is InChI=1S/C27H31N5O5/c1-35-21-8-6-20(7-9-21)23-10-11-25(29-28-23)30-12-14-31(15-13-30)26(33)19-32(18-22-4-2-16-36-22)27(34)24-5-3-17-37-24/h3,5-11,17,22H,2,4,12-16,18-19H2,1H3. The van der Waals surface area contributed by atoms with Crippen molar-refractivity contribution >= 4 is 17.6 Å². The lowest BCUT2D eigenvalue weighted by Gasteiger charge is -2.36. The monoisotopic (exact) mass is 505 g/mol. The van der Waals surface area contributed by atoms with Crippen LogP contribution < -0.4 is 9.64 Å². The molecule has 2 aliphatic rings. The molecule has 0 aliphatic carbocycles. The average molecular weight is 506 g/mol. The molecule has 0 saturated carbocycles. The van der Waals surface area contributed by atoms with Crippen molar-refractivity contribution < 1.29 is 23.5 Å². The fourth-order valence-corrected chi connectivity index (χ4v) is 4.67. The number of carbonyl (C=O) groups excluding carboxylic acids is 2. The van der Waals surface area contributed by atoms with Crippen LogP contribution in [0.15, 0.2) is 59.2 Å². The van der Waals surface area contributed by atoms with Gasteiger partial charge in [0.25, 0.3) is 5.91 Å². The van der Waals surface area contributed by atoms with Crippen LogP contribution in [0.4, 0.5) is 5.82 Å². The Kier molecular flexibility index (Phi) is 7.65. The van der Waals surface area contributed by atoms with Gasteiger partial charge in [0, 0.05) is 44.9 Å². The van der Waals surface area contributed by atoms with Crippen molar-refractivity contribution in [2.75, 3.05) is 57.9 Å². The summed E-state index contributed by atoms with van der Waals surface area (Å²) in [7, 11) is 1.64. The molecule has 10 heteroatoms. The summed E-state index contributed by atoms with van der Waals surface area (Å²) in [5.74, 6) is 1.42. The highest BCUT2D eigenvalue weighted by Crippen LogP contribution is 2.22. The number of aromatic nitrogens is 2. The molecule has 1 aromatic carbocycles. The molecule has 0 bridgehead atoms. The third kappa shape index (κ3) is 5.91. The maximum Gasteiger partial charge on any atom is 0.290 e. The van der Waals surface area contributed by atoms with E-state index < -0.39 is 0 Å². The number of hydrogen-bond donors (Lipinski definition) is 0. The molecule has 0 N–H and O–H groups in total. The summed E-state index contributed by atoms with van der Waals surface area (Å²) < 4.78 is 16.2. The van der Waals surface area contributed by atoms with E-state index in [1.54, 1.807) is 29.0 Å². The lowest BCUT2D eigenvalue weighted by molar-refractivity contribution is -0.132. The van der Waals surface area contributed by atoms with Gasteiger partial charge in [0.15, 0.2) is 11.6 Å². The molecule has 2 aromatic heterocycles. The first-order valence-corrected chi connectivity index (χ1v) is 12.6. The Labute approximate surface area is 215 Å². The van der Waals surface area contributed by atoms with Gasteiger partial charge in [-0.25, -0.2) is 0 Å². The van der Waals surface area contributed by atoms with Crippen LogP contribution in [0.25, 0.3) is 11.3 Å². The number of amides is 2. The molecule has 2 fully saturated rings. The molecule has 194 valence electrons. The molecular formula is C27H31N5O5. The normalized spacial score (nSPS) is 17.6. The summed E-state index contributed by atoms with van der Waals surface area (Å²) in [6.07, 6.45) is 3.26. The Balaban J connectivity index is 1.17. The highest BCUT2D eigenvalue weighted by atomic mass is 16.5. The van der Waals surface area contributed by atoms with Gasteiger partial charge in [-0.2, -0.15) is 0 Å². The topological polar surface area (TPSA) is 101 Å². The van der Waals surface area contributed by atoms with E-state index in [-0.39, 0.29) is 30.2 Å². The SMILES string of the molecule is COc1ccc(-c2ccc(N3CCN(C(=O)CN(CC4CCCO4)C(=O)c4ccco4)CC3)nn2)cc1. The summed E-state index contributed by atoms with van der Waals surface area (Å²) >= 11 is 0. The van der Waals surface area contributed by atoms with Gasteiger partial charge in [-0.15, -0.1) is 10.2 Å². The smallest absolute Gasteiger partial charge is 0.290 e. The zero-order valence-corrected chi connectivity index (χ0v) is 20.9. The molecular weight excluding hydrogens is 474 g/mol. The van der Waals surface area contributed by atoms with E-state index in [2.05, 4.69) is 15.1 Å². The maximum absolute atomic E-state index is 13.2. The van der Waals surface area contributed by atoms with E-state index >= 15 is 0 Å². The molecule has 2 aliphatic heterocycles. The zero-order chi connectivity index (χ0) is 25.6. The van der Waals surface area contributed by atoms with E-state index in [0.29, 0.717) is 39.3 Å². The van der Waals surface area contributed by atoms with E-state index in [9.17, 15) is 9.59 Å². The largest absolute Gasteiger partial charge is 0.497 e. The van der Waals surface area contributed by atoms with Crippen molar-refractivity contribution in [2.24, 2.45) is 0 Å². The lowest BCUT2D eigenvalue weighted by atomic mass is 10.1. The summed E-state index contributed by atoms with van der Waals surface area (Å²) in [4.78, 5) is 31.6. The molecule has 5 rings (SSSR count). The maximum atomic E-state index is 13.2. The zero-order valence-electron chi connectivity index (χ0n) is 20.9. The van der Waals surface area contributed by atoms with E-state index in [4.69, 9.17) is 13.9 Å². The number of piperazine rings is 1. The van der Waals surface area contributed by atoms with Crippen LogP contribution in [0, 0.1) is 0 Å². The number of ether oxygens (including phenoxy) is 2. The van der Waals surface area contributed by atoms with Crippen molar-refractivity contribution in [3.63, 3.8) is 0 Å².